The molecule has 0 unspecified atom stereocenters. The molecule has 1 spiro atoms. The van der Waals surface area contributed by atoms with Crippen molar-refractivity contribution < 1.29 is 22.7 Å². The van der Waals surface area contributed by atoms with Crippen molar-refractivity contribution in [3.8, 4) is 0 Å². The van der Waals surface area contributed by atoms with Crippen LogP contribution in [-0.4, -0.2) is 80.4 Å². The van der Waals surface area contributed by atoms with Crippen LogP contribution in [-0.2, 0) is 19.5 Å². The van der Waals surface area contributed by atoms with Gasteiger partial charge in [-0.25, -0.2) is 8.42 Å². The molecule has 0 saturated carbocycles. The average molecular weight is 401 g/mol. The van der Waals surface area contributed by atoms with Gasteiger partial charge in [0.15, 0.2) is 0 Å². The summed E-state index contributed by atoms with van der Waals surface area (Å²) in [4.78, 5) is 14.6. The molecule has 3 heterocycles. The van der Waals surface area contributed by atoms with Crippen LogP contribution in [0.5, 0.6) is 0 Å². The molecule has 2 bridgehead atoms. The van der Waals surface area contributed by atoms with E-state index in [0.717, 1.165) is 0 Å². The van der Waals surface area contributed by atoms with E-state index in [4.69, 9.17) is 21.1 Å². The number of halogens is 1. The lowest BCUT2D eigenvalue weighted by Crippen LogP contribution is -2.56. The van der Waals surface area contributed by atoms with Gasteiger partial charge in [-0.3, -0.25) is 4.79 Å². The Hall–Kier alpha value is -1.19. The number of carbonyl (C=O) groups excluding carboxylic acids is 1. The Balaban J connectivity index is 1.59. The van der Waals surface area contributed by atoms with Gasteiger partial charge in [0, 0.05) is 37.3 Å². The van der Waals surface area contributed by atoms with Crippen LogP contribution in [0.3, 0.4) is 0 Å². The first-order valence-electron chi connectivity index (χ1n) is 8.56. The second-order valence-corrected chi connectivity index (χ2v) is 9.65. The number of likely N-dealkylation sites (tertiary alicyclic amines) is 1. The van der Waals surface area contributed by atoms with Gasteiger partial charge in [-0.05, 0) is 24.6 Å². The largest absolute Gasteiger partial charge is 0.383 e. The van der Waals surface area contributed by atoms with Crippen LogP contribution >= 0.6 is 11.6 Å². The second-order valence-electron chi connectivity index (χ2n) is 7.10. The number of morpholine rings is 1. The maximum atomic E-state index is 12.9. The number of amides is 1. The number of nitrogens with zero attached hydrogens (tertiary/aromatic N) is 2. The molecule has 0 radical (unpaired) electrons. The Morgan fingerprint density at radius 3 is 2.96 bits per heavy atom. The summed E-state index contributed by atoms with van der Waals surface area (Å²) in [7, 11) is -1.91. The molecule has 1 amide bonds. The molecule has 3 aliphatic rings. The molecule has 9 heteroatoms. The number of hydrogen-bond acceptors (Lipinski definition) is 5. The molecule has 3 fully saturated rings. The molecular weight excluding hydrogens is 380 g/mol. The normalized spacial score (nSPS) is 32.6. The number of rotatable bonds is 4. The van der Waals surface area contributed by atoms with Crippen molar-refractivity contribution in [2.45, 2.75) is 23.4 Å². The smallest absolute Gasteiger partial charge is 0.254 e. The number of hydrogen-bond donors (Lipinski definition) is 0. The maximum Gasteiger partial charge on any atom is 0.254 e. The van der Waals surface area contributed by atoms with Crippen LogP contribution < -0.4 is 0 Å². The van der Waals surface area contributed by atoms with Crippen LogP contribution in [0, 0.1) is 0 Å². The average Bonchev–Trinajstić information content (AvgIpc) is 2.98. The summed E-state index contributed by atoms with van der Waals surface area (Å²) in [6, 6.07) is 6.80. The molecule has 142 valence electrons. The molecule has 0 aromatic heterocycles. The van der Waals surface area contributed by atoms with E-state index in [1.165, 1.54) is 4.31 Å². The van der Waals surface area contributed by atoms with E-state index in [1.807, 2.05) is 0 Å². The van der Waals surface area contributed by atoms with Crippen molar-refractivity contribution in [2.24, 2.45) is 0 Å². The lowest BCUT2D eigenvalue weighted by molar-refractivity contribution is -0.0981. The van der Waals surface area contributed by atoms with Gasteiger partial charge in [0.1, 0.15) is 10.9 Å². The van der Waals surface area contributed by atoms with Gasteiger partial charge in [0.2, 0.25) is 10.0 Å². The van der Waals surface area contributed by atoms with E-state index < -0.39 is 20.9 Å². The van der Waals surface area contributed by atoms with E-state index in [1.54, 1.807) is 36.3 Å². The van der Waals surface area contributed by atoms with Crippen molar-refractivity contribution >= 4 is 27.5 Å². The summed E-state index contributed by atoms with van der Waals surface area (Å²) in [5, 5.41) is -0.105. The number of sulfonamides is 1. The highest BCUT2D eigenvalue weighted by atomic mass is 35.5. The number of fused-ring (bicyclic) bond motifs is 1. The molecule has 3 aliphatic heterocycles. The molecule has 3 saturated heterocycles. The number of methoxy groups -OCH3 is 1. The Morgan fingerprint density at radius 2 is 2.23 bits per heavy atom. The third kappa shape index (κ3) is 2.84. The van der Waals surface area contributed by atoms with Gasteiger partial charge < -0.3 is 14.4 Å². The quantitative estimate of drug-likeness (QED) is 0.753. The number of carbonyl (C=O) groups is 1. The minimum absolute atomic E-state index is 0.145. The van der Waals surface area contributed by atoms with E-state index in [0.29, 0.717) is 36.7 Å². The third-order valence-electron chi connectivity index (χ3n) is 5.41. The SMILES string of the molecule is COCCN1C[C@@]23CN(C(=O)c4cccc(Cl)c4)C[C@@H](C[C@@H]2S1(=O)=O)O3. The summed E-state index contributed by atoms with van der Waals surface area (Å²) in [6.45, 7) is 1.56. The molecule has 4 rings (SSSR count). The molecule has 0 N–H and O–H groups in total. The fourth-order valence-corrected chi connectivity index (χ4v) is 6.79. The first-order chi connectivity index (χ1) is 12.4. The molecule has 26 heavy (non-hydrogen) atoms. The zero-order valence-electron chi connectivity index (χ0n) is 14.4. The topological polar surface area (TPSA) is 76.2 Å². The molecule has 3 atom stereocenters. The van der Waals surface area contributed by atoms with Gasteiger partial charge in [0.05, 0.1) is 19.3 Å². The summed E-state index contributed by atoms with van der Waals surface area (Å²) in [5.74, 6) is -0.145. The Morgan fingerprint density at radius 1 is 1.42 bits per heavy atom. The number of ether oxygens (including phenoxy) is 2. The lowest BCUT2D eigenvalue weighted by atomic mass is 9.99. The predicted octanol–water partition coefficient (Wildman–Crippen LogP) is 0.984. The van der Waals surface area contributed by atoms with E-state index >= 15 is 0 Å². The first-order valence-corrected chi connectivity index (χ1v) is 10.4. The van der Waals surface area contributed by atoms with Crippen molar-refractivity contribution in [1.29, 1.82) is 0 Å². The highest BCUT2D eigenvalue weighted by molar-refractivity contribution is 7.90. The van der Waals surface area contributed by atoms with Crippen molar-refractivity contribution in [1.82, 2.24) is 9.21 Å². The first kappa shape index (κ1) is 18.2. The zero-order valence-corrected chi connectivity index (χ0v) is 16.0. The van der Waals surface area contributed by atoms with Crippen LogP contribution in [0.1, 0.15) is 16.8 Å². The van der Waals surface area contributed by atoms with Crippen LogP contribution in [0.25, 0.3) is 0 Å². The van der Waals surface area contributed by atoms with E-state index in [9.17, 15) is 13.2 Å². The summed E-state index contributed by atoms with van der Waals surface area (Å²) in [5.41, 5.74) is -0.354. The minimum Gasteiger partial charge on any atom is -0.383 e. The number of benzene rings is 1. The van der Waals surface area contributed by atoms with Gasteiger partial charge in [-0.15, -0.1) is 0 Å². The van der Waals surface area contributed by atoms with Crippen LogP contribution in [0.2, 0.25) is 5.02 Å². The fourth-order valence-electron chi connectivity index (χ4n) is 4.30. The van der Waals surface area contributed by atoms with Gasteiger partial charge in [0.25, 0.3) is 5.91 Å². The monoisotopic (exact) mass is 400 g/mol. The van der Waals surface area contributed by atoms with Gasteiger partial charge in [-0.1, -0.05) is 17.7 Å². The van der Waals surface area contributed by atoms with Gasteiger partial charge >= 0.3 is 0 Å². The molecule has 0 aliphatic carbocycles. The van der Waals surface area contributed by atoms with Crippen molar-refractivity contribution in [2.75, 3.05) is 39.9 Å². The highest BCUT2D eigenvalue weighted by Crippen LogP contribution is 2.46. The van der Waals surface area contributed by atoms with Crippen molar-refractivity contribution in [3.05, 3.63) is 34.9 Å². The van der Waals surface area contributed by atoms with E-state index in [-0.39, 0.29) is 25.1 Å². The van der Waals surface area contributed by atoms with Crippen molar-refractivity contribution in [3.63, 3.8) is 0 Å². The Labute approximate surface area is 157 Å². The van der Waals surface area contributed by atoms with Gasteiger partial charge in [-0.2, -0.15) is 4.31 Å². The summed E-state index contributed by atoms with van der Waals surface area (Å²) in [6.07, 6.45) is 0.168. The standard InChI is InChI=1S/C17H21ClN2O5S/c1-24-6-5-20-11-17-10-19(16(21)12-3-2-4-13(18)7-12)9-14(25-17)8-15(17)26(20,22)23/h2-4,7,14-15H,5-6,8-11H2,1H3/t14-,15+,17+/m1/s1. The zero-order chi connectivity index (χ0) is 18.5. The minimum atomic E-state index is -3.45. The maximum absolute atomic E-state index is 12.9. The Bertz CT molecular complexity index is 832. The molecular formula is C17H21ClN2O5S. The highest BCUT2D eigenvalue weighted by Gasteiger charge is 2.65. The van der Waals surface area contributed by atoms with Crippen LogP contribution in [0.4, 0.5) is 0 Å². The fraction of sp³-hybridized carbons (Fsp3) is 0.588. The molecule has 1 aromatic rings. The lowest BCUT2D eigenvalue weighted by Gasteiger charge is -2.39. The predicted molar refractivity (Wildman–Crippen MR) is 95.7 cm³/mol. The summed E-state index contributed by atoms with van der Waals surface area (Å²) < 4.78 is 38.3. The second kappa shape index (κ2) is 6.45. The summed E-state index contributed by atoms with van der Waals surface area (Å²) >= 11 is 6.00. The Kier molecular flexibility index (Phi) is 4.51. The molecule has 7 nitrogen and oxygen atoms in total. The molecule has 1 aromatic carbocycles. The van der Waals surface area contributed by atoms with E-state index in [2.05, 4.69) is 0 Å². The third-order valence-corrected chi connectivity index (χ3v) is 8.02. The van der Waals surface area contributed by atoms with Crippen LogP contribution in [0.15, 0.2) is 24.3 Å².